The molecule has 1 aliphatic heterocycles. The topological polar surface area (TPSA) is 84.7 Å². The van der Waals surface area contributed by atoms with E-state index in [-0.39, 0.29) is 18.4 Å². The van der Waals surface area contributed by atoms with Crippen molar-refractivity contribution in [1.82, 2.24) is 14.7 Å². The van der Waals surface area contributed by atoms with Gasteiger partial charge >= 0.3 is 5.97 Å². The Morgan fingerprint density at radius 2 is 2.00 bits per heavy atom. The number of rotatable bonds is 4. The number of hydrogen-bond acceptors (Lipinski definition) is 4. The number of carbonyl (C=O) groups excluding carboxylic acids is 1. The van der Waals surface area contributed by atoms with Crippen LogP contribution in [0.1, 0.15) is 27.5 Å². The van der Waals surface area contributed by atoms with Crippen LogP contribution in [-0.2, 0) is 11.8 Å². The van der Waals surface area contributed by atoms with E-state index in [1.807, 2.05) is 24.3 Å². The Balaban J connectivity index is 1.92. The summed E-state index contributed by atoms with van der Waals surface area (Å²) in [5.41, 5.74) is 1.96. The van der Waals surface area contributed by atoms with E-state index < -0.39 is 11.9 Å². The first kappa shape index (κ1) is 17.0. The summed E-state index contributed by atoms with van der Waals surface area (Å²) in [6.07, 6.45) is 1.67. The molecule has 2 atom stereocenters. The second kappa shape index (κ2) is 6.58. The minimum absolute atomic E-state index is 0.172. The van der Waals surface area contributed by atoms with Gasteiger partial charge in [-0.25, -0.2) is 0 Å². The summed E-state index contributed by atoms with van der Waals surface area (Å²) < 4.78 is 6.97. The number of carboxylic acid groups (broad SMARTS) is 1. The summed E-state index contributed by atoms with van der Waals surface area (Å²) in [7, 11) is 3.32. The van der Waals surface area contributed by atoms with Crippen molar-refractivity contribution in [1.29, 1.82) is 0 Å². The normalized spacial score (nSPS) is 19.9. The first-order valence-corrected chi connectivity index (χ1v) is 8.07. The molecule has 1 saturated heterocycles. The quantitative estimate of drug-likeness (QED) is 0.913. The van der Waals surface area contributed by atoms with Gasteiger partial charge in [-0.3, -0.25) is 14.3 Å². The molecule has 7 nitrogen and oxygen atoms in total. The zero-order chi connectivity index (χ0) is 18.1. The van der Waals surface area contributed by atoms with Gasteiger partial charge in [0.2, 0.25) is 0 Å². The van der Waals surface area contributed by atoms with Gasteiger partial charge < -0.3 is 14.7 Å². The maximum absolute atomic E-state index is 12.8. The Hall–Kier alpha value is -2.83. The van der Waals surface area contributed by atoms with Crippen molar-refractivity contribution in [3.05, 3.63) is 47.3 Å². The fraction of sp³-hybridized carbons (Fsp3) is 0.389. The average Bonchev–Trinajstić information content (AvgIpc) is 3.17. The first-order chi connectivity index (χ1) is 11.9. The number of methoxy groups -OCH3 is 1. The molecule has 0 saturated carbocycles. The van der Waals surface area contributed by atoms with Crippen LogP contribution in [0.2, 0.25) is 0 Å². The Kier molecular flexibility index (Phi) is 4.48. The van der Waals surface area contributed by atoms with Gasteiger partial charge in [-0.05, 0) is 18.6 Å². The molecule has 1 aromatic heterocycles. The average molecular weight is 343 g/mol. The smallest absolute Gasteiger partial charge is 0.308 e. The molecule has 0 aliphatic carbocycles. The predicted molar refractivity (Wildman–Crippen MR) is 90.7 cm³/mol. The molecule has 3 rings (SSSR count). The van der Waals surface area contributed by atoms with E-state index in [4.69, 9.17) is 4.74 Å². The summed E-state index contributed by atoms with van der Waals surface area (Å²) >= 11 is 0. The molecular weight excluding hydrogens is 322 g/mol. The molecule has 1 fully saturated rings. The van der Waals surface area contributed by atoms with Gasteiger partial charge in [0, 0.05) is 32.3 Å². The van der Waals surface area contributed by atoms with E-state index in [0.29, 0.717) is 23.6 Å². The van der Waals surface area contributed by atoms with Gasteiger partial charge in [0.15, 0.2) is 0 Å². The molecule has 132 valence electrons. The van der Waals surface area contributed by atoms with Crippen LogP contribution < -0.4 is 4.74 Å². The monoisotopic (exact) mass is 343 g/mol. The minimum Gasteiger partial charge on any atom is -0.496 e. The molecule has 2 heterocycles. The molecule has 1 amide bonds. The molecule has 1 aromatic carbocycles. The lowest BCUT2D eigenvalue weighted by atomic mass is 9.88. The second-order valence-electron chi connectivity index (χ2n) is 6.31. The van der Waals surface area contributed by atoms with Crippen LogP contribution in [0.5, 0.6) is 5.75 Å². The third kappa shape index (κ3) is 3.09. The Bertz CT molecular complexity index is 814. The van der Waals surface area contributed by atoms with Gasteiger partial charge in [0.25, 0.3) is 5.91 Å². The van der Waals surface area contributed by atoms with Crippen LogP contribution in [0.25, 0.3) is 0 Å². The van der Waals surface area contributed by atoms with Gasteiger partial charge in [-0.1, -0.05) is 18.2 Å². The molecule has 7 heteroatoms. The van der Waals surface area contributed by atoms with Gasteiger partial charge in [0.1, 0.15) is 5.75 Å². The van der Waals surface area contributed by atoms with Gasteiger partial charge in [-0.2, -0.15) is 5.10 Å². The number of carboxylic acids is 1. The lowest BCUT2D eigenvalue weighted by molar-refractivity contribution is -0.141. The van der Waals surface area contributed by atoms with Crippen LogP contribution in [0.3, 0.4) is 0 Å². The fourth-order valence-electron chi connectivity index (χ4n) is 3.49. The standard InChI is InChI=1S/C18H21N3O4/c1-11-13(8-20(2)19-11)17(22)21-9-14(15(10-21)18(23)24)12-6-4-5-7-16(12)25-3/h4-8,14-15H,9-10H2,1-3H3,(H,23,24)/t14-,15+/m1/s1. The third-order valence-corrected chi connectivity index (χ3v) is 4.71. The Morgan fingerprint density at radius 1 is 1.28 bits per heavy atom. The molecule has 1 N–H and O–H groups in total. The zero-order valence-electron chi connectivity index (χ0n) is 14.5. The molecule has 0 bridgehead atoms. The van der Waals surface area contributed by atoms with Crippen molar-refractivity contribution < 1.29 is 19.4 Å². The van der Waals surface area contributed by atoms with Crippen LogP contribution in [0, 0.1) is 12.8 Å². The van der Waals surface area contributed by atoms with E-state index in [1.54, 1.807) is 36.9 Å². The molecular formula is C18H21N3O4. The minimum atomic E-state index is -0.908. The predicted octanol–water partition coefficient (Wildman–Crippen LogP) is 1.68. The molecule has 25 heavy (non-hydrogen) atoms. The maximum Gasteiger partial charge on any atom is 0.308 e. The third-order valence-electron chi connectivity index (χ3n) is 4.71. The van der Waals surface area contributed by atoms with Crippen molar-refractivity contribution in [2.24, 2.45) is 13.0 Å². The van der Waals surface area contributed by atoms with E-state index in [1.165, 1.54) is 0 Å². The SMILES string of the molecule is COc1ccccc1[C@H]1CN(C(=O)c2cn(C)nc2C)C[C@@H]1C(=O)O. The summed E-state index contributed by atoms with van der Waals surface area (Å²) in [5, 5.41) is 13.8. The summed E-state index contributed by atoms with van der Waals surface area (Å²) in [4.78, 5) is 26.2. The summed E-state index contributed by atoms with van der Waals surface area (Å²) in [5.74, 6) is -1.43. The second-order valence-corrected chi connectivity index (χ2v) is 6.31. The summed E-state index contributed by atoms with van der Waals surface area (Å²) in [6, 6.07) is 7.37. The molecule has 1 aliphatic rings. The summed E-state index contributed by atoms with van der Waals surface area (Å²) in [6.45, 7) is 2.28. The van der Waals surface area contributed by atoms with Crippen molar-refractivity contribution in [2.45, 2.75) is 12.8 Å². The van der Waals surface area contributed by atoms with Gasteiger partial charge in [0.05, 0.1) is 24.3 Å². The van der Waals surface area contributed by atoms with Crippen molar-refractivity contribution in [3.8, 4) is 5.75 Å². The number of aryl methyl sites for hydroxylation is 2. The van der Waals surface area contributed by atoms with Crippen LogP contribution in [-0.4, -0.2) is 51.9 Å². The van der Waals surface area contributed by atoms with E-state index in [2.05, 4.69) is 5.10 Å². The number of likely N-dealkylation sites (tertiary alicyclic amines) is 1. The highest BCUT2D eigenvalue weighted by atomic mass is 16.5. The molecule has 0 spiro atoms. The van der Waals surface area contributed by atoms with Crippen molar-refractivity contribution >= 4 is 11.9 Å². The van der Waals surface area contributed by atoms with Crippen molar-refractivity contribution in [3.63, 3.8) is 0 Å². The first-order valence-electron chi connectivity index (χ1n) is 8.07. The van der Waals surface area contributed by atoms with E-state index >= 15 is 0 Å². The van der Waals surface area contributed by atoms with E-state index in [0.717, 1.165) is 5.56 Å². The van der Waals surface area contributed by atoms with Crippen molar-refractivity contribution in [2.75, 3.05) is 20.2 Å². The van der Waals surface area contributed by atoms with E-state index in [9.17, 15) is 14.7 Å². The Morgan fingerprint density at radius 3 is 2.60 bits per heavy atom. The largest absolute Gasteiger partial charge is 0.496 e. The highest BCUT2D eigenvalue weighted by Crippen LogP contribution is 2.38. The maximum atomic E-state index is 12.8. The number of nitrogens with zero attached hydrogens (tertiary/aromatic N) is 3. The number of hydrogen-bond donors (Lipinski definition) is 1. The van der Waals surface area contributed by atoms with Crippen LogP contribution in [0.15, 0.2) is 30.5 Å². The molecule has 0 unspecified atom stereocenters. The lowest BCUT2D eigenvalue weighted by Gasteiger charge is -2.18. The number of ether oxygens (including phenoxy) is 1. The van der Waals surface area contributed by atoms with Crippen LogP contribution in [0.4, 0.5) is 0 Å². The zero-order valence-corrected chi connectivity index (χ0v) is 14.5. The van der Waals surface area contributed by atoms with Crippen LogP contribution >= 0.6 is 0 Å². The molecule has 2 aromatic rings. The number of para-hydroxylation sites is 1. The number of carbonyl (C=O) groups is 2. The number of benzene rings is 1. The Labute approximate surface area is 145 Å². The highest BCUT2D eigenvalue weighted by Gasteiger charge is 2.42. The fourth-order valence-corrected chi connectivity index (χ4v) is 3.49. The van der Waals surface area contributed by atoms with Gasteiger partial charge in [-0.15, -0.1) is 0 Å². The lowest BCUT2D eigenvalue weighted by Crippen LogP contribution is -2.30. The number of aromatic nitrogens is 2. The molecule has 0 radical (unpaired) electrons. The number of amides is 1. The number of aliphatic carboxylic acids is 1. The highest BCUT2D eigenvalue weighted by molar-refractivity contribution is 5.95.